The number of benzene rings is 1. The van der Waals surface area contributed by atoms with Gasteiger partial charge >= 0.3 is 13.1 Å². The van der Waals surface area contributed by atoms with Crippen LogP contribution in [0.25, 0.3) is 0 Å². The topological polar surface area (TPSA) is 77.1 Å². The fourth-order valence-electron chi connectivity index (χ4n) is 4.09. The zero-order valence-corrected chi connectivity index (χ0v) is 19.8. The quantitative estimate of drug-likeness (QED) is 0.570. The fourth-order valence-corrected chi connectivity index (χ4v) is 4.09. The molecule has 7 nitrogen and oxygen atoms in total. The first-order valence-electron chi connectivity index (χ1n) is 11.0. The van der Waals surface area contributed by atoms with Gasteiger partial charge in [0.15, 0.2) is 0 Å². The molecule has 1 N–H and O–H groups in total. The van der Waals surface area contributed by atoms with Crippen molar-refractivity contribution in [1.29, 1.82) is 0 Å². The van der Waals surface area contributed by atoms with Gasteiger partial charge in [0.05, 0.1) is 18.3 Å². The van der Waals surface area contributed by atoms with Gasteiger partial charge in [-0.15, -0.1) is 0 Å². The monoisotopic (exact) mass is 430 g/mol. The molecule has 2 heterocycles. The molecule has 0 unspecified atom stereocenters. The minimum absolute atomic E-state index is 0.0210. The van der Waals surface area contributed by atoms with Gasteiger partial charge < -0.3 is 14.0 Å². The molecule has 3 rings (SSSR count). The first kappa shape index (κ1) is 23.8. The summed E-state index contributed by atoms with van der Waals surface area (Å²) in [6.07, 6.45) is 2.02. The summed E-state index contributed by atoms with van der Waals surface area (Å²) >= 11 is 0. The predicted octanol–water partition coefficient (Wildman–Crippen LogP) is 2.14. The van der Waals surface area contributed by atoms with Gasteiger partial charge in [-0.25, -0.2) is 5.43 Å². The zero-order valence-electron chi connectivity index (χ0n) is 19.8. The van der Waals surface area contributed by atoms with Gasteiger partial charge in [0, 0.05) is 12.5 Å². The molecule has 2 atom stereocenters. The number of methoxy groups -OCH3 is 1. The van der Waals surface area contributed by atoms with E-state index in [1.807, 2.05) is 41.5 Å². The normalized spacial score (nSPS) is 23.5. The van der Waals surface area contributed by atoms with E-state index in [0.29, 0.717) is 19.4 Å². The lowest BCUT2D eigenvalue weighted by Crippen LogP contribution is -2.56. The number of rotatable bonds is 5. The number of carbonyl (C=O) groups excluding carboxylic acids is 2. The van der Waals surface area contributed by atoms with Crippen molar-refractivity contribution in [3.05, 3.63) is 29.3 Å². The molecule has 0 aliphatic carbocycles. The van der Waals surface area contributed by atoms with E-state index in [-0.39, 0.29) is 17.8 Å². The summed E-state index contributed by atoms with van der Waals surface area (Å²) in [6, 6.07) is 5.77. The fraction of sp³-hybridized carbons (Fsp3) is 0.652. The molecule has 1 amide bonds. The lowest BCUT2D eigenvalue weighted by molar-refractivity contribution is -0.150. The van der Waals surface area contributed by atoms with Gasteiger partial charge in [-0.2, -0.15) is 0 Å². The first-order valence-corrected chi connectivity index (χ1v) is 11.0. The van der Waals surface area contributed by atoms with Crippen molar-refractivity contribution in [2.45, 2.75) is 78.0 Å². The van der Waals surface area contributed by atoms with E-state index < -0.39 is 24.4 Å². The second-order valence-corrected chi connectivity index (χ2v) is 9.78. The number of nitrogens with zero attached hydrogens (tertiary/aromatic N) is 1. The standard InChI is InChI=1S/C23H35BN2O5/c1-15-11-17(14-18(12-15)24-30-22(3,4)23(5,6)31-24)13-16(2)20(27)26-10-8-9-19(25-26)21(28)29-7/h11-12,14,16,19,25H,8-10,13H2,1-7H3/t16-,19-/m0/s1. The van der Waals surface area contributed by atoms with Crippen LogP contribution in [-0.2, 0) is 30.1 Å². The summed E-state index contributed by atoms with van der Waals surface area (Å²) in [4.78, 5) is 24.9. The molecule has 1 aromatic carbocycles. The Bertz CT molecular complexity index is 825. The number of esters is 1. The molecule has 170 valence electrons. The van der Waals surface area contributed by atoms with Gasteiger partial charge in [-0.1, -0.05) is 30.7 Å². The van der Waals surface area contributed by atoms with Crippen molar-refractivity contribution in [1.82, 2.24) is 10.4 Å². The maximum Gasteiger partial charge on any atom is 0.494 e. The zero-order chi connectivity index (χ0) is 23.0. The SMILES string of the molecule is COC(=O)[C@@H]1CCCN(C(=O)[C@@H](C)Cc2cc(C)cc(B3OC(C)(C)C(C)(C)O3)c2)N1. The van der Waals surface area contributed by atoms with Crippen molar-refractivity contribution in [3.63, 3.8) is 0 Å². The van der Waals surface area contributed by atoms with Crippen LogP contribution in [0.5, 0.6) is 0 Å². The predicted molar refractivity (Wildman–Crippen MR) is 120 cm³/mol. The van der Waals surface area contributed by atoms with E-state index in [2.05, 4.69) is 23.6 Å². The Labute approximate surface area is 185 Å². The largest absolute Gasteiger partial charge is 0.494 e. The number of amides is 1. The van der Waals surface area contributed by atoms with Crippen LogP contribution in [0.4, 0.5) is 0 Å². The average molecular weight is 430 g/mol. The minimum Gasteiger partial charge on any atom is -0.468 e. The molecule has 0 radical (unpaired) electrons. The van der Waals surface area contributed by atoms with Crippen molar-refractivity contribution in [2.75, 3.05) is 13.7 Å². The lowest BCUT2D eigenvalue weighted by atomic mass is 9.77. The Balaban J connectivity index is 1.70. The number of hydrogen-bond donors (Lipinski definition) is 1. The number of carbonyl (C=O) groups is 2. The third-order valence-electron chi connectivity index (χ3n) is 6.59. The van der Waals surface area contributed by atoms with E-state index in [1.54, 1.807) is 5.01 Å². The molecule has 2 aliphatic heterocycles. The molecular weight excluding hydrogens is 395 g/mol. The van der Waals surface area contributed by atoms with Gasteiger partial charge in [0.1, 0.15) is 6.04 Å². The van der Waals surface area contributed by atoms with E-state index >= 15 is 0 Å². The second kappa shape index (κ2) is 8.92. The lowest BCUT2D eigenvalue weighted by Gasteiger charge is -2.34. The van der Waals surface area contributed by atoms with E-state index in [1.165, 1.54) is 7.11 Å². The Kier molecular flexibility index (Phi) is 6.84. The van der Waals surface area contributed by atoms with Gasteiger partial charge in [-0.05, 0) is 64.9 Å². The Morgan fingerprint density at radius 1 is 1.23 bits per heavy atom. The van der Waals surface area contributed by atoms with Gasteiger partial charge in [0.2, 0.25) is 5.91 Å². The van der Waals surface area contributed by atoms with Crippen LogP contribution in [0.3, 0.4) is 0 Å². The van der Waals surface area contributed by atoms with Crippen LogP contribution in [-0.4, -0.2) is 54.9 Å². The third kappa shape index (κ3) is 5.13. The van der Waals surface area contributed by atoms with Crippen LogP contribution in [0.1, 0.15) is 58.6 Å². The highest BCUT2D eigenvalue weighted by molar-refractivity contribution is 6.62. The van der Waals surface area contributed by atoms with Gasteiger partial charge in [-0.3, -0.25) is 14.6 Å². The van der Waals surface area contributed by atoms with Crippen molar-refractivity contribution < 1.29 is 23.6 Å². The Morgan fingerprint density at radius 3 is 2.48 bits per heavy atom. The maximum atomic E-state index is 13.0. The maximum absolute atomic E-state index is 13.0. The van der Waals surface area contributed by atoms with E-state index in [9.17, 15) is 9.59 Å². The molecule has 31 heavy (non-hydrogen) atoms. The van der Waals surface area contributed by atoms with Crippen LogP contribution in [0, 0.1) is 12.8 Å². The highest BCUT2D eigenvalue weighted by Gasteiger charge is 2.51. The number of ether oxygens (including phenoxy) is 1. The summed E-state index contributed by atoms with van der Waals surface area (Å²) in [7, 11) is 0.933. The summed E-state index contributed by atoms with van der Waals surface area (Å²) in [5, 5.41) is 1.57. The third-order valence-corrected chi connectivity index (χ3v) is 6.59. The van der Waals surface area contributed by atoms with Crippen LogP contribution in [0.15, 0.2) is 18.2 Å². The average Bonchev–Trinajstić information content (AvgIpc) is 2.93. The van der Waals surface area contributed by atoms with Crippen LogP contribution >= 0.6 is 0 Å². The Morgan fingerprint density at radius 2 is 1.87 bits per heavy atom. The van der Waals surface area contributed by atoms with Crippen molar-refractivity contribution in [2.24, 2.45) is 5.92 Å². The number of hydrazine groups is 1. The molecule has 2 fully saturated rings. The smallest absolute Gasteiger partial charge is 0.468 e. The van der Waals surface area contributed by atoms with Crippen LogP contribution in [0.2, 0.25) is 0 Å². The molecule has 0 saturated carbocycles. The Hall–Kier alpha value is -1.90. The van der Waals surface area contributed by atoms with Crippen molar-refractivity contribution in [3.8, 4) is 0 Å². The molecule has 2 aliphatic rings. The number of aryl methyl sites for hydroxylation is 1. The summed E-state index contributed by atoms with van der Waals surface area (Å²) in [5.74, 6) is -0.597. The molecule has 0 bridgehead atoms. The molecule has 0 spiro atoms. The van der Waals surface area contributed by atoms with Crippen molar-refractivity contribution >= 4 is 24.5 Å². The second-order valence-electron chi connectivity index (χ2n) is 9.78. The molecule has 0 aromatic heterocycles. The minimum atomic E-state index is -0.469. The van der Waals surface area contributed by atoms with E-state index in [0.717, 1.165) is 23.0 Å². The molecular formula is C23H35BN2O5. The summed E-state index contributed by atoms with van der Waals surface area (Å²) in [5.41, 5.74) is 5.35. The van der Waals surface area contributed by atoms with Gasteiger partial charge in [0.25, 0.3) is 0 Å². The molecule has 1 aromatic rings. The number of nitrogens with one attached hydrogen (secondary N) is 1. The molecule has 2 saturated heterocycles. The highest BCUT2D eigenvalue weighted by atomic mass is 16.7. The van der Waals surface area contributed by atoms with E-state index in [4.69, 9.17) is 14.0 Å². The summed E-state index contributed by atoms with van der Waals surface area (Å²) in [6.45, 7) is 12.7. The van der Waals surface area contributed by atoms with Crippen LogP contribution < -0.4 is 10.9 Å². The highest BCUT2D eigenvalue weighted by Crippen LogP contribution is 2.36. The molecule has 8 heteroatoms. The first-order chi connectivity index (χ1) is 14.4. The number of hydrogen-bond acceptors (Lipinski definition) is 6. The summed E-state index contributed by atoms with van der Waals surface area (Å²) < 4.78 is 17.2.